The van der Waals surface area contributed by atoms with Crippen molar-refractivity contribution in [3.05, 3.63) is 64.9 Å². The largest absolute Gasteiger partial charge is 0.497 e. The van der Waals surface area contributed by atoms with Gasteiger partial charge in [0.05, 0.1) is 19.9 Å². The van der Waals surface area contributed by atoms with Crippen molar-refractivity contribution >= 4 is 34.6 Å². The second-order valence-electron chi connectivity index (χ2n) is 5.15. The Morgan fingerprint density at radius 1 is 1.12 bits per heavy atom. The molecular weight excluding hydrogens is 363 g/mol. The summed E-state index contributed by atoms with van der Waals surface area (Å²) in [6.45, 7) is 0. The molecule has 0 aliphatic rings. The molecule has 2 aromatic carbocycles. The zero-order valence-electron chi connectivity index (χ0n) is 13.8. The summed E-state index contributed by atoms with van der Waals surface area (Å²) in [5.41, 5.74) is 2.71. The van der Waals surface area contributed by atoms with E-state index in [1.165, 1.54) is 24.5 Å². The number of thiazole rings is 1. The minimum atomic E-state index is -0.407. The van der Waals surface area contributed by atoms with Gasteiger partial charge in [0.25, 0.3) is 0 Å². The highest BCUT2D eigenvalue weighted by Crippen LogP contribution is 2.26. The maximum absolute atomic E-state index is 13.7. The Kier molecular flexibility index (Phi) is 6.61. The molecule has 132 valence electrons. The van der Waals surface area contributed by atoms with Crippen LogP contribution in [0.25, 0.3) is 0 Å². The molecule has 0 amide bonds. The highest BCUT2D eigenvalue weighted by molar-refractivity contribution is 7.13. The second kappa shape index (κ2) is 8.69. The summed E-state index contributed by atoms with van der Waals surface area (Å²) in [4.78, 5) is 4.54. The van der Waals surface area contributed by atoms with Crippen LogP contribution in [0.4, 0.5) is 15.2 Å². The third kappa shape index (κ3) is 4.84. The SMILES string of the molecule is COc1cccc(Cc2csc(Nc3ccc(OC)c(F)c3)n2)c1.Cl. The first-order valence-corrected chi connectivity index (χ1v) is 8.24. The van der Waals surface area contributed by atoms with Crippen molar-refractivity contribution in [2.75, 3.05) is 19.5 Å². The van der Waals surface area contributed by atoms with Gasteiger partial charge in [-0.1, -0.05) is 12.1 Å². The summed E-state index contributed by atoms with van der Waals surface area (Å²) in [7, 11) is 3.09. The monoisotopic (exact) mass is 380 g/mol. The van der Waals surface area contributed by atoms with Crippen LogP contribution in [-0.2, 0) is 6.42 Å². The normalized spacial score (nSPS) is 10.0. The van der Waals surface area contributed by atoms with Crippen LogP contribution in [0.15, 0.2) is 47.8 Å². The average molecular weight is 381 g/mol. The molecule has 1 aromatic heterocycles. The summed E-state index contributed by atoms with van der Waals surface area (Å²) < 4.78 is 23.9. The number of aromatic nitrogens is 1. The van der Waals surface area contributed by atoms with Crippen LogP contribution in [-0.4, -0.2) is 19.2 Å². The van der Waals surface area contributed by atoms with E-state index in [2.05, 4.69) is 10.3 Å². The molecule has 1 N–H and O–H groups in total. The Labute approximate surface area is 156 Å². The Hall–Kier alpha value is -2.31. The van der Waals surface area contributed by atoms with Crippen LogP contribution in [0.3, 0.4) is 0 Å². The lowest BCUT2D eigenvalue weighted by atomic mass is 10.1. The summed E-state index contributed by atoms with van der Waals surface area (Å²) in [5, 5.41) is 5.82. The number of ether oxygens (including phenoxy) is 2. The quantitative estimate of drug-likeness (QED) is 0.649. The molecule has 25 heavy (non-hydrogen) atoms. The predicted octanol–water partition coefficient (Wildman–Crippen LogP) is 5.06. The molecule has 0 spiro atoms. The van der Waals surface area contributed by atoms with Crippen molar-refractivity contribution in [1.82, 2.24) is 4.98 Å². The molecule has 0 fully saturated rings. The van der Waals surface area contributed by atoms with Crippen LogP contribution < -0.4 is 14.8 Å². The number of hydrogen-bond acceptors (Lipinski definition) is 5. The summed E-state index contributed by atoms with van der Waals surface area (Å²) in [6, 6.07) is 12.6. The fraction of sp³-hybridized carbons (Fsp3) is 0.167. The Morgan fingerprint density at radius 2 is 1.96 bits per heavy atom. The molecule has 0 radical (unpaired) electrons. The van der Waals surface area contributed by atoms with Gasteiger partial charge in [0.1, 0.15) is 5.75 Å². The predicted molar refractivity (Wildman–Crippen MR) is 101 cm³/mol. The lowest BCUT2D eigenvalue weighted by Gasteiger charge is -2.05. The molecule has 1 heterocycles. The van der Waals surface area contributed by atoms with Gasteiger partial charge in [0, 0.05) is 23.6 Å². The minimum Gasteiger partial charge on any atom is -0.497 e. The van der Waals surface area contributed by atoms with Gasteiger partial charge in [-0.15, -0.1) is 23.7 Å². The number of benzene rings is 2. The molecule has 0 bridgehead atoms. The summed E-state index contributed by atoms with van der Waals surface area (Å²) >= 11 is 1.48. The van der Waals surface area contributed by atoms with Gasteiger partial charge in [-0.25, -0.2) is 9.37 Å². The zero-order valence-corrected chi connectivity index (χ0v) is 15.4. The van der Waals surface area contributed by atoms with Crippen molar-refractivity contribution in [2.24, 2.45) is 0 Å². The topological polar surface area (TPSA) is 43.4 Å². The average Bonchev–Trinajstić information content (AvgIpc) is 3.02. The molecule has 0 aliphatic heterocycles. The smallest absolute Gasteiger partial charge is 0.187 e. The van der Waals surface area contributed by atoms with E-state index in [-0.39, 0.29) is 18.2 Å². The van der Waals surface area contributed by atoms with E-state index in [9.17, 15) is 4.39 Å². The number of methoxy groups -OCH3 is 2. The van der Waals surface area contributed by atoms with Gasteiger partial charge in [0.15, 0.2) is 16.7 Å². The number of halogens is 2. The van der Waals surface area contributed by atoms with Crippen molar-refractivity contribution < 1.29 is 13.9 Å². The van der Waals surface area contributed by atoms with Gasteiger partial charge in [0.2, 0.25) is 0 Å². The molecule has 0 atom stereocenters. The zero-order chi connectivity index (χ0) is 16.9. The van der Waals surface area contributed by atoms with E-state index in [0.717, 1.165) is 22.1 Å². The van der Waals surface area contributed by atoms with E-state index >= 15 is 0 Å². The molecule has 3 aromatic rings. The molecule has 3 rings (SSSR count). The number of nitrogens with zero attached hydrogens (tertiary/aromatic N) is 1. The van der Waals surface area contributed by atoms with Gasteiger partial charge >= 0.3 is 0 Å². The molecule has 0 aliphatic carbocycles. The molecule has 4 nitrogen and oxygen atoms in total. The maximum Gasteiger partial charge on any atom is 0.187 e. The highest BCUT2D eigenvalue weighted by atomic mass is 35.5. The van der Waals surface area contributed by atoms with Gasteiger partial charge in [-0.05, 0) is 29.8 Å². The van der Waals surface area contributed by atoms with E-state index in [0.29, 0.717) is 12.1 Å². The van der Waals surface area contributed by atoms with Crippen molar-refractivity contribution in [3.63, 3.8) is 0 Å². The lowest BCUT2D eigenvalue weighted by molar-refractivity contribution is 0.386. The highest BCUT2D eigenvalue weighted by Gasteiger charge is 2.07. The van der Waals surface area contributed by atoms with Crippen molar-refractivity contribution in [1.29, 1.82) is 0 Å². The first-order chi connectivity index (χ1) is 11.7. The molecule has 7 heteroatoms. The molecule has 0 saturated heterocycles. The van der Waals surface area contributed by atoms with E-state index in [1.807, 2.05) is 29.6 Å². The lowest BCUT2D eigenvalue weighted by Crippen LogP contribution is -1.94. The number of anilines is 2. The van der Waals surface area contributed by atoms with Crippen LogP contribution in [0, 0.1) is 5.82 Å². The Bertz CT molecular complexity index is 841. The van der Waals surface area contributed by atoms with Crippen molar-refractivity contribution in [3.8, 4) is 11.5 Å². The van der Waals surface area contributed by atoms with E-state index in [4.69, 9.17) is 9.47 Å². The standard InChI is InChI=1S/C18H17FN2O2S.ClH/c1-22-15-5-3-4-12(9-15)8-14-11-24-18(21-14)20-13-6-7-17(23-2)16(19)10-13;/h3-7,9-11H,8H2,1-2H3,(H,20,21);1H. The van der Waals surface area contributed by atoms with Gasteiger partial charge in [-0.3, -0.25) is 0 Å². The molecule has 0 saturated carbocycles. The maximum atomic E-state index is 13.7. The Morgan fingerprint density at radius 3 is 2.68 bits per heavy atom. The summed E-state index contributed by atoms with van der Waals surface area (Å²) in [5.74, 6) is 0.642. The minimum absolute atomic E-state index is 0. The first kappa shape index (κ1) is 19.0. The fourth-order valence-electron chi connectivity index (χ4n) is 2.30. The summed E-state index contributed by atoms with van der Waals surface area (Å²) in [6.07, 6.45) is 0.715. The third-order valence-electron chi connectivity index (χ3n) is 3.47. The number of rotatable bonds is 6. The fourth-order valence-corrected chi connectivity index (χ4v) is 3.04. The number of nitrogens with one attached hydrogen (secondary N) is 1. The van der Waals surface area contributed by atoms with E-state index in [1.54, 1.807) is 19.2 Å². The van der Waals surface area contributed by atoms with Crippen LogP contribution in [0.1, 0.15) is 11.3 Å². The third-order valence-corrected chi connectivity index (χ3v) is 4.28. The van der Waals surface area contributed by atoms with Crippen molar-refractivity contribution in [2.45, 2.75) is 6.42 Å². The van der Waals surface area contributed by atoms with Gasteiger partial charge in [-0.2, -0.15) is 0 Å². The van der Waals surface area contributed by atoms with Crippen LogP contribution in [0.5, 0.6) is 11.5 Å². The molecule has 0 unspecified atom stereocenters. The Balaban J connectivity index is 0.00000225. The van der Waals surface area contributed by atoms with Crippen LogP contribution in [0.2, 0.25) is 0 Å². The van der Waals surface area contributed by atoms with Crippen LogP contribution >= 0.6 is 23.7 Å². The first-order valence-electron chi connectivity index (χ1n) is 7.36. The number of hydrogen-bond donors (Lipinski definition) is 1. The second-order valence-corrected chi connectivity index (χ2v) is 6.00. The van der Waals surface area contributed by atoms with E-state index < -0.39 is 5.82 Å². The van der Waals surface area contributed by atoms with Gasteiger partial charge < -0.3 is 14.8 Å². The molecular formula is C18H18ClFN2O2S.